The van der Waals surface area contributed by atoms with Gasteiger partial charge in [0.1, 0.15) is 26.1 Å². The van der Waals surface area contributed by atoms with Crippen LogP contribution in [0.15, 0.2) is 162 Å². The second-order valence-electron chi connectivity index (χ2n) is 17.3. The Morgan fingerprint density at radius 1 is 0.537 bits per heavy atom. The van der Waals surface area contributed by atoms with Crippen LogP contribution in [0.5, 0.6) is 5.75 Å². The molecule has 0 saturated heterocycles. The Bertz CT molecular complexity index is 4770. The molecule has 0 fully saturated rings. The molecule has 80 heavy (non-hydrogen) atoms. The lowest BCUT2D eigenvalue weighted by Crippen LogP contribution is -2.21. The van der Waals surface area contributed by atoms with E-state index < -0.39 is 140 Å². The summed E-state index contributed by atoms with van der Waals surface area (Å²) in [6.45, 7) is 0. The van der Waals surface area contributed by atoms with Crippen molar-refractivity contribution in [2.75, 3.05) is 21.3 Å². The lowest BCUT2D eigenvalue weighted by molar-refractivity contribution is 0.0697. The van der Waals surface area contributed by atoms with Crippen LogP contribution in [0.4, 0.5) is 57.7 Å². The molecular formula is C49H34N10O17S4. The number of aryl methyl sites for hydroxylation is 1. The molecular weight excluding hydrogens is 1130 g/mol. The highest BCUT2D eigenvalue weighted by Gasteiger charge is 2.32. The second-order valence-corrected chi connectivity index (χ2v) is 22.9. The molecule has 1 aliphatic carbocycles. The lowest BCUT2D eigenvalue weighted by atomic mass is 9.83. The van der Waals surface area contributed by atoms with E-state index in [1.54, 1.807) is 48.5 Å². The number of aromatic nitrogens is 4. The van der Waals surface area contributed by atoms with Gasteiger partial charge in [-0.15, -0.1) is 10.2 Å². The smallest absolute Gasteiger partial charge is 0.337 e. The Labute approximate surface area is 450 Å². The number of carboxylic acid groups (broad SMARTS) is 1. The molecule has 0 bridgehead atoms. The van der Waals surface area contributed by atoms with Gasteiger partial charge in [-0.25, -0.2) is 4.79 Å². The highest BCUT2D eigenvalue weighted by molar-refractivity contribution is 7.87. The first kappa shape index (κ1) is 53.8. The van der Waals surface area contributed by atoms with Gasteiger partial charge in [0.25, 0.3) is 46.0 Å². The Morgan fingerprint density at radius 2 is 1.11 bits per heavy atom. The second kappa shape index (κ2) is 19.7. The molecule has 7 aromatic carbocycles. The number of phenolic OH excluding ortho intramolecular Hbond substituents is 1. The summed E-state index contributed by atoms with van der Waals surface area (Å²) >= 11 is 0. The predicted molar refractivity (Wildman–Crippen MR) is 286 cm³/mol. The first-order chi connectivity index (χ1) is 37.6. The largest absolute Gasteiger partial charge is 0.505 e. The van der Waals surface area contributed by atoms with Crippen LogP contribution in [0.2, 0.25) is 0 Å². The summed E-state index contributed by atoms with van der Waals surface area (Å²) in [5.74, 6) is -4.92. The zero-order valence-electron chi connectivity index (χ0n) is 40.1. The van der Waals surface area contributed by atoms with E-state index in [9.17, 15) is 76.5 Å². The number of phenols is 1. The topological polar surface area (TPSA) is 426 Å². The Kier molecular flexibility index (Phi) is 13.2. The highest BCUT2D eigenvalue weighted by atomic mass is 32.2. The first-order valence-corrected chi connectivity index (χ1v) is 28.3. The summed E-state index contributed by atoms with van der Waals surface area (Å²) in [4.78, 5) is 47.8. The van der Waals surface area contributed by atoms with Gasteiger partial charge in [-0.05, 0) is 83.2 Å². The van der Waals surface area contributed by atoms with Gasteiger partial charge in [0.05, 0.1) is 44.3 Å². The number of carboxylic acids is 1. The number of nitrogens with zero attached hydrogens (tertiary/aromatic N) is 6. The van der Waals surface area contributed by atoms with Gasteiger partial charge in [-0.2, -0.15) is 48.6 Å². The molecule has 9 aromatic rings. The molecule has 0 saturated carbocycles. The Morgan fingerprint density at radius 3 is 1.74 bits per heavy atom. The molecule has 0 aliphatic heterocycles. The third-order valence-electron chi connectivity index (χ3n) is 12.3. The van der Waals surface area contributed by atoms with Gasteiger partial charge in [0.2, 0.25) is 17.8 Å². The number of anilines is 8. The summed E-state index contributed by atoms with van der Waals surface area (Å²) in [5, 5.41) is 39.2. The van der Waals surface area contributed by atoms with Crippen molar-refractivity contribution in [2.45, 2.75) is 19.6 Å². The monoisotopic (exact) mass is 1160 g/mol. The van der Waals surface area contributed by atoms with E-state index in [1.165, 1.54) is 54.1 Å². The van der Waals surface area contributed by atoms with Gasteiger partial charge in [0.15, 0.2) is 11.5 Å². The summed E-state index contributed by atoms with van der Waals surface area (Å²) in [7, 11) is -20.1. The maximum absolute atomic E-state index is 14.4. The van der Waals surface area contributed by atoms with Crippen molar-refractivity contribution in [3.8, 4) is 16.9 Å². The van der Waals surface area contributed by atoms with E-state index in [0.717, 1.165) is 18.2 Å². The van der Waals surface area contributed by atoms with Crippen LogP contribution in [0.3, 0.4) is 0 Å². The number of nitrogens with one attached hydrogen (secondary N) is 4. The quantitative estimate of drug-likeness (QED) is 0.0344. The standard InChI is InChI=1S/C49H34N10O17S4/c1-59-35-16-15-31(42-41(35)29(20-39(59)60)26-11-5-6-12-27(26)44(42)61)51-32-21-33(37(79(71,72)73)22-36(32)78(68,69)70)52-48-54-47(50-24-9-3-2-4-10-24)55-49(56-48)53-34-19-25(77(65,66)67)17-23-18-38(80(74,75)76)43(45(62)40(23)34)58-57-30-14-8-7-13-28(30)46(63)64/h2-22,51,62H,1H3,(H,63,64)(H,65,66,67)(H,68,69,70)(H,71,72,73)(H,74,75,76)(H3,50,52,53,54,55,56). The van der Waals surface area contributed by atoms with Crippen LogP contribution in [0, 0.1) is 0 Å². The van der Waals surface area contributed by atoms with Crippen LogP contribution in [0.1, 0.15) is 26.3 Å². The minimum absolute atomic E-state index is 0.0594. The average molecular weight is 1160 g/mol. The molecule has 406 valence electrons. The molecule has 2 heterocycles. The van der Waals surface area contributed by atoms with Crippen LogP contribution in [-0.2, 0) is 47.5 Å². The van der Waals surface area contributed by atoms with Crippen molar-refractivity contribution in [2.24, 2.45) is 17.3 Å². The van der Waals surface area contributed by atoms with Crippen LogP contribution < -0.4 is 26.8 Å². The molecule has 0 unspecified atom stereocenters. The maximum atomic E-state index is 14.4. The zero-order chi connectivity index (χ0) is 57.4. The Balaban J connectivity index is 1.15. The van der Waals surface area contributed by atoms with Gasteiger partial charge in [0, 0.05) is 35.1 Å². The van der Waals surface area contributed by atoms with Gasteiger partial charge < -0.3 is 36.0 Å². The van der Waals surface area contributed by atoms with Crippen LogP contribution in [-0.4, -0.2) is 93.4 Å². The van der Waals surface area contributed by atoms with E-state index in [1.807, 2.05) is 0 Å². The summed E-state index contributed by atoms with van der Waals surface area (Å²) < 4.78 is 147. The number of hydrogen-bond donors (Lipinski definition) is 10. The molecule has 10 N–H and O–H groups in total. The van der Waals surface area contributed by atoms with E-state index in [4.69, 9.17) is 0 Å². The van der Waals surface area contributed by atoms with Crippen molar-refractivity contribution >= 4 is 132 Å². The molecule has 31 heteroatoms. The number of fused-ring (bicyclic) bond motifs is 3. The molecule has 0 radical (unpaired) electrons. The SMILES string of the molecule is Cn1c(=O)cc2c3c(c(Nc4cc(Nc5nc(Nc6ccccc6)nc(Nc6cc(S(=O)(=O)O)cc7cc(S(=O)(=O)O)c(N=Nc8ccccc8C(=O)O)c(O)c67)n5)c(S(=O)(=O)O)cc4S(=O)(=O)O)ccc31)C(=O)c1ccccc1-2. The van der Waals surface area contributed by atoms with Gasteiger partial charge in [-0.1, -0.05) is 54.6 Å². The molecule has 0 amide bonds. The third-order valence-corrected chi connectivity index (χ3v) is 15.7. The highest BCUT2D eigenvalue weighted by Crippen LogP contribution is 2.47. The van der Waals surface area contributed by atoms with Crippen molar-refractivity contribution in [3.63, 3.8) is 0 Å². The average Bonchev–Trinajstić information content (AvgIpc) is 3.48. The van der Waals surface area contributed by atoms with Crippen molar-refractivity contribution in [1.82, 2.24) is 19.5 Å². The summed E-state index contributed by atoms with van der Waals surface area (Å²) in [5.41, 5.74) is -2.68. The van der Waals surface area contributed by atoms with Gasteiger partial charge in [-0.3, -0.25) is 27.8 Å². The summed E-state index contributed by atoms with van der Waals surface area (Å²) in [6.07, 6.45) is 0. The minimum Gasteiger partial charge on any atom is -0.505 e. The number of ketones is 1. The molecule has 1 aliphatic rings. The number of hydrogen-bond acceptors (Lipinski definition) is 21. The first-order valence-electron chi connectivity index (χ1n) is 22.5. The van der Waals surface area contributed by atoms with Crippen molar-refractivity contribution in [1.29, 1.82) is 0 Å². The number of aromatic hydroxyl groups is 1. The van der Waals surface area contributed by atoms with E-state index in [0.29, 0.717) is 40.5 Å². The molecule has 2 aromatic heterocycles. The van der Waals surface area contributed by atoms with Crippen LogP contribution in [0.25, 0.3) is 32.8 Å². The fraction of sp³-hybridized carbons (Fsp3) is 0.0204. The predicted octanol–water partition coefficient (Wildman–Crippen LogP) is 7.87. The minimum atomic E-state index is -5.50. The number of rotatable bonds is 15. The summed E-state index contributed by atoms with van der Waals surface area (Å²) in [6, 6.07) is 26.8. The number of pyridine rings is 1. The number of azo groups is 1. The zero-order valence-corrected chi connectivity index (χ0v) is 43.4. The molecule has 10 rings (SSSR count). The van der Waals surface area contributed by atoms with Crippen molar-refractivity contribution < 1.29 is 71.7 Å². The molecule has 0 spiro atoms. The van der Waals surface area contributed by atoms with Gasteiger partial charge >= 0.3 is 5.97 Å². The fourth-order valence-electron chi connectivity index (χ4n) is 8.77. The number of carbonyl (C=O) groups is 2. The number of para-hydroxylation sites is 1. The van der Waals surface area contributed by atoms with Crippen molar-refractivity contribution in [3.05, 3.63) is 154 Å². The molecule has 0 atom stereocenters. The van der Waals surface area contributed by atoms with E-state index >= 15 is 0 Å². The number of carbonyl (C=O) groups excluding carboxylic acids is 1. The Hall–Kier alpha value is -9.60. The third kappa shape index (κ3) is 10.2. The number of aromatic carboxylic acids is 1. The maximum Gasteiger partial charge on any atom is 0.337 e. The lowest BCUT2D eigenvalue weighted by Gasteiger charge is -2.24. The normalized spacial score (nSPS) is 12.6. The van der Waals surface area contributed by atoms with E-state index in [-0.39, 0.29) is 27.9 Å². The fourth-order valence-corrected chi connectivity index (χ4v) is 11.4. The molecule has 27 nitrogen and oxygen atoms in total. The van der Waals surface area contributed by atoms with Crippen LogP contribution >= 0.6 is 0 Å². The number of benzene rings is 7. The van der Waals surface area contributed by atoms with E-state index in [2.05, 4.69) is 46.4 Å².